The molecule has 1 aromatic carbocycles. The summed E-state index contributed by atoms with van der Waals surface area (Å²) < 4.78 is 15.5. The van der Waals surface area contributed by atoms with Crippen molar-refractivity contribution in [2.45, 2.75) is 12.6 Å². The number of nitrogens with zero attached hydrogens (tertiary/aromatic N) is 7. The summed E-state index contributed by atoms with van der Waals surface area (Å²) in [5, 5.41) is 15.9. The molecule has 1 saturated heterocycles. The summed E-state index contributed by atoms with van der Waals surface area (Å²) in [5.74, 6) is 0.308. The van der Waals surface area contributed by atoms with Gasteiger partial charge in [0, 0.05) is 51.6 Å². The molecule has 0 aliphatic carbocycles. The first kappa shape index (κ1) is 24.8. The molecule has 186 valence electrons. The highest BCUT2D eigenvalue weighted by Crippen LogP contribution is 2.21. The number of piperazine rings is 1. The number of rotatable bonds is 7. The van der Waals surface area contributed by atoms with Crippen molar-refractivity contribution in [1.82, 2.24) is 30.0 Å². The van der Waals surface area contributed by atoms with Crippen LogP contribution in [0.1, 0.15) is 33.1 Å². The normalized spacial score (nSPS) is 16.6. The van der Waals surface area contributed by atoms with E-state index in [9.17, 15) is 9.18 Å². The maximum atomic E-state index is 13.9. The number of nitriles is 1. The summed E-state index contributed by atoms with van der Waals surface area (Å²) in [5.41, 5.74) is 8.87. The number of hydrogen-bond donors (Lipinski definition) is 2. The molecule has 4 rings (SSSR count). The molecule has 11 heteroatoms. The molecule has 3 N–H and O–H groups in total. The van der Waals surface area contributed by atoms with E-state index in [1.807, 2.05) is 11.9 Å². The lowest BCUT2D eigenvalue weighted by molar-refractivity contribution is 0.0945. The summed E-state index contributed by atoms with van der Waals surface area (Å²) in [6.45, 7) is 1.56. The Hall–Kier alpha value is -4.30. The van der Waals surface area contributed by atoms with Crippen LogP contribution in [0.3, 0.4) is 0 Å². The van der Waals surface area contributed by atoms with Crippen molar-refractivity contribution in [3.63, 3.8) is 0 Å². The summed E-state index contributed by atoms with van der Waals surface area (Å²) >= 11 is 0. The van der Waals surface area contributed by atoms with Crippen molar-refractivity contribution in [3.8, 4) is 6.07 Å². The van der Waals surface area contributed by atoms with Crippen LogP contribution in [0.25, 0.3) is 11.8 Å². The van der Waals surface area contributed by atoms with E-state index in [-0.39, 0.29) is 24.1 Å². The number of anilines is 1. The van der Waals surface area contributed by atoms with Gasteiger partial charge in [0.05, 0.1) is 29.1 Å². The van der Waals surface area contributed by atoms with Gasteiger partial charge in [-0.2, -0.15) is 10.4 Å². The van der Waals surface area contributed by atoms with Gasteiger partial charge in [-0.25, -0.2) is 14.4 Å². The number of alkyl halides is 1. The molecule has 1 aliphatic rings. The smallest absolute Gasteiger partial charge is 0.270 e. The molecule has 3 aromatic rings. The van der Waals surface area contributed by atoms with Crippen LogP contribution < -0.4 is 16.0 Å². The molecule has 0 radical (unpaired) electrons. The highest BCUT2D eigenvalue weighted by molar-refractivity contribution is 5.93. The van der Waals surface area contributed by atoms with E-state index >= 15 is 0 Å². The fraction of sp³-hybridized carbons (Fsp3) is 0.320. The fourth-order valence-corrected chi connectivity index (χ4v) is 4.07. The molecule has 10 nitrogen and oxygen atoms in total. The van der Waals surface area contributed by atoms with Crippen molar-refractivity contribution in [3.05, 3.63) is 70.9 Å². The average Bonchev–Trinajstić information content (AvgIpc) is 3.33. The van der Waals surface area contributed by atoms with Crippen molar-refractivity contribution in [2.75, 3.05) is 38.3 Å². The SMILES string of the molecule is CN1CCN(c2cc(C(=O)NCc3ccc(C#N)cc3)nc(C=C(N)c3ccnn3C)n2)C(CF)C1. The minimum absolute atomic E-state index is 0.147. The van der Waals surface area contributed by atoms with Gasteiger partial charge in [-0.1, -0.05) is 12.1 Å². The molecule has 0 bridgehead atoms. The Morgan fingerprint density at radius 2 is 2.03 bits per heavy atom. The summed E-state index contributed by atoms with van der Waals surface area (Å²) in [7, 11) is 3.72. The van der Waals surface area contributed by atoms with Crippen LogP contribution >= 0.6 is 0 Å². The Kier molecular flexibility index (Phi) is 7.56. The summed E-state index contributed by atoms with van der Waals surface area (Å²) in [6, 6.07) is 12.0. The van der Waals surface area contributed by atoms with E-state index in [1.165, 1.54) is 0 Å². The molecular weight excluding hydrogens is 461 g/mol. The molecule has 1 atom stereocenters. The molecule has 1 amide bonds. The van der Waals surface area contributed by atoms with Crippen LogP contribution in [0.5, 0.6) is 0 Å². The molecule has 0 saturated carbocycles. The van der Waals surface area contributed by atoms with Gasteiger partial charge >= 0.3 is 0 Å². The third-order valence-electron chi connectivity index (χ3n) is 6.06. The highest BCUT2D eigenvalue weighted by Gasteiger charge is 2.27. The molecule has 1 fully saturated rings. The van der Waals surface area contributed by atoms with Crippen LogP contribution in [0, 0.1) is 11.3 Å². The second kappa shape index (κ2) is 11.0. The Morgan fingerprint density at radius 3 is 2.69 bits per heavy atom. The minimum atomic E-state index is -0.545. The first-order valence-electron chi connectivity index (χ1n) is 11.5. The molecule has 3 heterocycles. The van der Waals surface area contributed by atoms with Crippen LogP contribution in [-0.4, -0.2) is 70.0 Å². The predicted molar refractivity (Wildman–Crippen MR) is 134 cm³/mol. The van der Waals surface area contributed by atoms with E-state index in [1.54, 1.807) is 60.4 Å². The van der Waals surface area contributed by atoms with Gasteiger partial charge < -0.3 is 20.9 Å². The number of carbonyl (C=O) groups is 1. The molecular formula is C25H28FN9O. The number of carbonyl (C=O) groups excluding carboxylic acids is 1. The van der Waals surface area contributed by atoms with Crippen LogP contribution in [0.2, 0.25) is 0 Å². The van der Waals surface area contributed by atoms with E-state index in [0.29, 0.717) is 35.9 Å². The zero-order chi connectivity index (χ0) is 25.7. The first-order valence-corrected chi connectivity index (χ1v) is 11.5. The van der Waals surface area contributed by atoms with Crippen molar-refractivity contribution < 1.29 is 9.18 Å². The van der Waals surface area contributed by atoms with E-state index in [0.717, 1.165) is 12.1 Å². The van der Waals surface area contributed by atoms with Crippen LogP contribution in [0.4, 0.5) is 10.2 Å². The molecule has 36 heavy (non-hydrogen) atoms. The Labute approximate surface area is 208 Å². The van der Waals surface area contributed by atoms with E-state index in [4.69, 9.17) is 11.0 Å². The number of aromatic nitrogens is 4. The summed E-state index contributed by atoms with van der Waals surface area (Å²) in [4.78, 5) is 26.1. The third kappa shape index (κ3) is 5.67. The van der Waals surface area contributed by atoms with E-state index < -0.39 is 12.6 Å². The monoisotopic (exact) mass is 489 g/mol. The standard InChI is InChI=1S/C25H28FN9O/c1-33-9-10-35(19(13-26)16-33)24-12-21(25(36)29-15-18-5-3-17(14-27)4-6-18)31-23(32-24)11-20(28)22-7-8-30-34(22)2/h3-8,11-12,19H,9-10,13,15-16,28H2,1-2H3,(H,29,36). The minimum Gasteiger partial charge on any atom is -0.397 e. The Morgan fingerprint density at radius 1 is 1.25 bits per heavy atom. The van der Waals surface area contributed by atoms with Gasteiger partial charge in [-0.15, -0.1) is 0 Å². The Balaban J connectivity index is 1.64. The number of nitrogens with one attached hydrogen (secondary N) is 1. The highest BCUT2D eigenvalue weighted by atomic mass is 19.1. The van der Waals surface area contributed by atoms with Crippen molar-refractivity contribution in [1.29, 1.82) is 5.26 Å². The van der Waals surface area contributed by atoms with Gasteiger partial charge in [-0.3, -0.25) is 9.48 Å². The number of amides is 1. The maximum Gasteiger partial charge on any atom is 0.270 e. The summed E-state index contributed by atoms with van der Waals surface area (Å²) in [6.07, 6.45) is 3.21. The Bertz CT molecular complexity index is 1300. The lowest BCUT2D eigenvalue weighted by atomic mass is 10.1. The number of nitrogens with two attached hydrogens (primary N) is 1. The second-order valence-electron chi connectivity index (χ2n) is 8.66. The van der Waals surface area contributed by atoms with Crippen LogP contribution in [0.15, 0.2) is 42.6 Å². The van der Waals surface area contributed by atoms with Gasteiger partial charge in [0.1, 0.15) is 18.2 Å². The quantitative estimate of drug-likeness (QED) is 0.512. The number of likely N-dealkylation sites (N-methyl/N-ethyl adjacent to an activating group) is 1. The largest absolute Gasteiger partial charge is 0.397 e. The fourth-order valence-electron chi connectivity index (χ4n) is 4.07. The maximum absolute atomic E-state index is 13.9. The van der Waals surface area contributed by atoms with Gasteiger partial charge in [0.25, 0.3) is 5.91 Å². The number of hydrogen-bond acceptors (Lipinski definition) is 8. The van der Waals surface area contributed by atoms with Gasteiger partial charge in [-0.05, 0) is 30.8 Å². The average molecular weight is 490 g/mol. The lowest BCUT2D eigenvalue weighted by Crippen LogP contribution is -2.53. The van der Waals surface area contributed by atoms with Crippen LogP contribution in [-0.2, 0) is 13.6 Å². The van der Waals surface area contributed by atoms with Gasteiger partial charge in [0.2, 0.25) is 0 Å². The molecule has 0 spiro atoms. The number of halogens is 1. The first-order chi connectivity index (χ1) is 17.4. The topological polar surface area (TPSA) is 129 Å². The number of benzene rings is 1. The zero-order valence-corrected chi connectivity index (χ0v) is 20.2. The number of aryl methyl sites for hydroxylation is 1. The predicted octanol–water partition coefficient (Wildman–Crippen LogP) is 1.56. The molecule has 1 unspecified atom stereocenters. The molecule has 2 aromatic heterocycles. The molecule has 1 aliphatic heterocycles. The van der Waals surface area contributed by atoms with E-state index in [2.05, 4.69) is 31.4 Å². The third-order valence-corrected chi connectivity index (χ3v) is 6.06. The zero-order valence-electron chi connectivity index (χ0n) is 20.2. The van der Waals surface area contributed by atoms with Crippen molar-refractivity contribution in [2.24, 2.45) is 12.8 Å². The second-order valence-corrected chi connectivity index (χ2v) is 8.66. The van der Waals surface area contributed by atoms with Crippen molar-refractivity contribution >= 4 is 23.5 Å². The lowest BCUT2D eigenvalue weighted by Gasteiger charge is -2.39. The van der Waals surface area contributed by atoms with Gasteiger partial charge in [0.15, 0.2) is 5.82 Å².